The van der Waals surface area contributed by atoms with Crippen molar-refractivity contribution in [3.63, 3.8) is 0 Å². The van der Waals surface area contributed by atoms with Crippen molar-refractivity contribution in [1.29, 1.82) is 0 Å². The van der Waals surface area contributed by atoms with Crippen LogP contribution in [0.2, 0.25) is 0 Å². The first-order valence-electron chi connectivity index (χ1n) is 8.28. The van der Waals surface area contributed by atoms with Crippen LogP contribution >= 0.6 is 23.1 Å². The third kappa shape index (κ3) is 4.96. The summed E-state index contributed by atoms with van der Waals surface area (Å²) in [4.78, 5) is 31.3. The van der Waals surface area contributed by atoms with Gasteiger partial charge in [-0.3, -0.25) is 9.59 Å². The zero-order chi connectivity index (χ0) is 19.2. The lowest BCUT2D eigenvalue weighted by atomic mass is 10.3. The number of amides is 2. The third-order valence-electron chi connectivity index (χ3n) is 3.82. The molecule has 1 N–H and O–H groups in total. The van der Waals surface area contributed by atoms with Crippen LogP contribution in [0, 0.1) is 0 Å². The molecule has 0 atom stereocenters. The van der Waals surface area contributed by atoms with Crippen LogP contribution in [0.1, 0.15) is 5.01 Å². The average molecular weight is 398 g/mol. The molecule has 1 aromatic heterocycles. The van der Waals surface area contributed by atoms with Crippen molar-refractivity contribution in [3.8, 4) is 0 Å². The van der Waals surface area contributed by atoms with E-state index in [-0.39, 0.29) is 18.4 Å². The van der Waals surface area contributed by atoms with Crippen molar-refractivity contribution in [1.82, 2.24) is 9.88 Å². The average Bonchev–Trinajstić information content (AvgIpc) is 3.09. The van der Waals surface area contributed by atoms with Gasteiger partial charge in [-0.05, 0) is 36.6 Å². The topological polar surface area (TPSA) is 62.3 Å². The van der Waals surface area contributed by atoms with Gasteiger partial charge < -0.3 is 10.2 Å². The Labute approximate surface area is 166 Å². The summed E-state index contributed by atoms with van der Waals surface area (Å²) in [6.07, 6.45) is 5.08. The van der Waals surface area contributed by atoms with E-state index in [0.29, 0.717) is 0 Å². The molecule has 0 radical (unpaired) electrons. The third-order valence-corrected chi connectivity index (χ3v) is 5.61. The van der Waals surface area contributed by atoms with Crippen LogP contribution < -0.4 is 5.32 Å². The Kier molecular flexibility index (Phi) is 6.26. The first-order chi connectivity index (χ1) is 13.1. The summed E-state index contributed by atoms with van der Waals surface area (Å²) < 4.78 is 1.07. The molecule has 0 fully saturated rings. The molecule has 27 heavy (non-hydrogen) atoms. The molecule has 0 spiro atoms. The predicted octanol–water partition coefficient (Wildman–Crippen LogP) is 4.13. The van der Waals surface area contributed by atoms with Gasteiger partial charge in [0, 0.05) is 18.0 Å². The number of anilines is 1. The minimum Gasteiger partial charge on any atom is -0.333 e. The number of hydrogen-bond acceptors (Lipinski definition) is 5. The molecule has 0 saturated heterocycles. The van der Waals surface area contributed by atoms with Gasteiger partial charge in [-0.15, -0.1) is 23.1 Å². The number of para-hydroxylation sites is 2. The Balaban J connectivity index is 1.59. The number of nitrogens with zero attached hydrogens (tertiary/aromatic N) is 2. The molecular formula is C20H19N3O2S2. The summed E-state index contributed by atoms with van der Waals surface area (Å²) in [6, 6.07) is 15.4. The molecule has 1 heterocycles. The number of thiazole rings is 1. The first kappa shape index (κ1) is 19.1. The second kappa shape index (κ2) is 8.83. The largest absolute Gasteiger partial charge is 0.333 e. The Bertz CT molecular complexity index is 965. The molecule has 7 heteroatoms. The molecule has 138 valence electrons. The summed E-state index contributed by atoms with van der Waals surface area (Å²) in [7, 11) is 1.60. The second-order valence-corrected chi connectivity index (χ2v) is 7.71. The van der Waals surface area contributed by atoms with Crippen LogP contribution in [0.15, 0.2) is 59.5 Å². The molecule has 2 aromatic carbocycles. The number of nitrogens with one attached hydrogen (secondary N) is 1. The van der Waals surface area contributed by atoms with Crippen molar-refractivity contribution >= 4 is 56.9 Å². The van der Waals surface area contributed by atoms with Gasteiger partial charge in [0.1, 0.15) is 5.01 Å². The van der Waals surface area contributed by atoms with Gasteiger partial charge in [0.15, 0.2) is 0 Å². The van der Waals surface area contributed by atoms with Crippen LogP contribution in [-0.2, 0) is 9.59 Å². The van der Waals surface area contributed by atoms with E-state index >= 15 is 0 Å². The Hall–Kier alpha value is -2.64. The molecule has 3 aromatic rings. The van der Waals surface area contributed by atoms with Crippen LogP contribution in [0.5, 0.6) is 0 Å². The number of carbonyl (C=O) groups excluding carboxylic acids is 2. The highest BCUT2D eigenvalue weighted by atomic mass is 32.2. The summed E-state index contributed by atoms with van der Waals surface area (Å²) in [5.41, 5.74) is 1.66. The van der Waals surface area contributed by atoms with E-state index in [1.807, 2.05) is 54.8 Å². The molecule has 3 rings (SSSR count). The van der Waals surface area contributed by atoms with Crippen molar-refractivity contribution in [2.75, 3.05) is 25.2 Å². The molecular weight excluding hydrogens is 378 g/mol. The molecule has 0 unspecified atom stereocenters. The molecule has 0 aliphatic rings. The number of rotatable bonds is 6. The Morgan fingerprint density at radius 2 is 1.93 bits per heavy atom. The Morgan fingerprint density at radius 3 is 2.70 bits per heavy atom. The SMILES string of the molecule is CSc1ccccc1NC(=O)CN(C)C(=O)/C=C/c1nc2ccccc2s1. The highest BCUT2D eigenvalue weighted by molar-refractivity contribution is 7.98. The zero-order valence-corrected chi connectivity index (χ0v) is 16.6. The molecule has 0 bridgehead atoms. The smallest absolute Gasteiger partial charge is 0.246 e. The molecule has 0 aliphatic heterocycles. The number of likely N-dealkylation sites (N-methyl/N-ethyl adjacent to an activating group) is 1. The first-order valence-corrected chi connectivity index (χ1v) is 10.3. The number of benzene rings is 2. The molecule has 2 amide bonds. The summed E-state index contributed by atoms with van der Waals surface area (Å²) >= 11 is 3.08. The lowest BCUT2D eigenvalue weighted by Crippen LogP contribution is -2.33. The predicted molar refractivity (Wildman–Crippen MR) is 113 cm³/mol. The number of fused-ring (bicyclic) bond motifs is 1. The molecule has 5 nitrogen and oxygen atoms in total. The fourth-order valence-electron chi connectivity index (χ4n) is 2.46. The minimum atomic E-state index is -0.248. The monoisotopic (exact) mass is 397 g/mol. The fourth-order valence-corrected chi connectivity index (χ4v) is 3.89. The van der Waals surface area contributed by atoms with Crippen LogP contribution in [-0.4, -0.2) is 41.5 Å². The van der Waals surface area contributed by atoms with Crippen molar-refractivity contribution in [2.45, 2.75) is 4.90 Å². The zero-order valence-electron chi connectivity index (χ0n) is 15.0. The second-order valence-electron chi connectivity index (χ2n) is 5.80. The summed E-state index contributed by atoms with van der Waals surface area (Å²) in [6.45, 7) is -0.0221. The van der Waals surface area contributed by atoms with Gasteiger partial charge in [-0.1, -0.05) is 24.3 Å². The lowest BCUT2D eigenvalue weighted by Gasteiger charge is -2.15. The van der Waals surface area contributed by atoms with Gasteiger partial charge in [0.05, 0.1) is 22.4 Å². The van der Waals surface area contributed by atoms with Gasteiger partial charge in [-0.25, -0.2) is 4.98 Å². The van der Waals surface area contributed by atoms with E-state index in [9.17, 15) is 9.59 Å². The van der Waals surface area contributed by atoms with Crippen LogP contribution in [0.25, 0.3) is 16.3 Å². The van der Waals surface area contributed by atoms with Gasteiger partial charge >= 0.3 is 0 Å². The van der Waals surface area contributed by atoms with Crippen LogP contribution in [0.4, 0.5) is 5.69 Å². The normalized spacial score (nSPS) is 11.0. The maximum Gasteiger partial charge on any atom is 0.246 e. The number of hydrogen-bond donors (Lipinski definition) is 1. The number of thioether (sulfide) groups is 1. The van der Waals surface area contributed by atoms with E-state index in [4.69, 9.17) is 0 Å². The van der Waals surface area contributed by atoms with E-state index in [2.05, 4.69) is 10.3 Å². The fraction of sp³-hybridized carbons (Fsp3) is 0.150. The molecule has 0 aliphatic carbocycles. The van der Waals surface area contributed by atoms with Crippen molar-refractivity contribution < 1.29 is 9.59 Å². The minimum absolute atomic E-state index is 0.0221. The van der Waals surface area contributed by atoms with E-state index in [1.54, 1.807) is 24.9 Å². The molecule has 0 saturated carbocycles. The van der Waals surface area contributed by atoms with Gasteiger partial charge in [0.2, 0.25) is 11.8 Å². The lowest BCUT2D eigenvalue weighted by molar-refractivity contribution is -0.129. The van der Waals surface area contributed by atoms with Gasteiger partial charge in [0.25, 0.3) is 0 Å². The maximum absolute atomic E-state index is 12.3. The standard InChI is InChI=1S/C20H19N3O2S2/c1-23(13-18(24)21-14-7-3-5-9-16(14)26-2)20(25)12-11-19-22-15-8-4-6-10-17(15)27-19/h3-12H,13H2,1-2H3,(H,21,24)/b12-11+. The number of aromatic nitrogens is 1. The van der Waals surface area contributed by atoms with E-state index in [0.717, 1.165) is 25.8 Å². The van der Waals surface area contributed by atoms with Crippen molar-refractivity contribution in [2.24, 2.45) is 0 Å². The number of carbonyl (C=O) groups is 2. The van der Waals surface area contributed by atoms with Crippen molar-refractivity contribution in [3.05, 3.63) is 59.6 Å². The Morgan fingerprint density at radius 1 is 1.19 bits per heavy atom. The summed E-state index contributed by atoms with van der Waals surface area (Å²) in [5, 5.41) is 3.61. The van der Waals surface area contributed by atoms with E-state index < -0.39 is 0 Å². The highest BCUT2D eigenvalue weighted by Crippen LogP contribution is 2.24. The van der Waals surface area contributed by atoms with Gasteiger partial charge in [-0.2, -0.15) is 0 Å². The quantitative estimate of drug-likeness (QED) is 0.502. The summed E-state index contributed by atoms with van der Waals surface area (Å²) in [5.74, 6) is -0.483. The van der Waals surface area contributed by atoms with E-state index in [1.165, 1.54) is 22.3 Å². The maximum atomic E-state index is 12.3. The highest BCUT2D eigenvalue weighted by Gasteiger charge is 2.12. The van der Waals surface area contributed by atoms with Crippen LogP contribution in [0.3, 0.4) is 0 Å².